The van der Waals surface area contributed by atoms with Crippen LogP contribution in [0.3, 0.4) is 0 Å². The van der Waals surface area contributed by atoms with E-state index in [0.29, 0.717) is 18.0 Å². The van der Waals surface area contributed by atoms with Gasteiger partial charge in [-0.1, -0.05) is 13.3 Å². The van der Waals surface area contributed by atoms with Gasteiger partial charge in [0, 0.05) is 12.1 Å². The lowest BCUT2D eigenvalue weighted by atomic mass is 9.81. The molecule has 2 nitrogen and oxygen atoms in total. The molecule has 2 unspecified atom stereocenters. The highest BCUT2D eigenvalue weighted by Crippen LogP contribution is 2.25. The Balaban J connectivity index is 2.33. The van der Waals surface area contributed by atoms with Crippen LogP contribution in [0.5, 0.6) is 0 Å². The molecule has 1 rings (SSSR count). The van der Waals surface area contributed by atoms with E-state index >= 15 is 0 Å². The highest BCUT2D eigenvalue weighted by atomic mass is 14.7. The summed E-state index contributed by atoms with van der Waals surface area (Å²) in [4.78, 5) is 0. The van der Waals surface area contributed by atoms with Crippen LogP contribution >= 0.6 is 0 Å². The van der Waals surface area contributed by atoms with Crippen molar-refractivity contribution in [2.75, 3.05) is 0 Å². The van der Waals surface area contributed by atoms with E-state index in [2.05, 4.69) is 6.92 Å². The Kier molecular flexibility index (Phi) is 3.34. The van der Waals surface area contributed by atoms with Crippen LogP contribution in [0.2, 0.25) is 0 Å². The van der Waals surface area contributed by atoms with Crippen LogP contribution in [0, 0.1) is 5.92 Å². The SMILES string of the molecule is CCC(N)C1CCC[C@@H](N)C1. The van der Waals surface area contributed by atoms with Crippen molar-refractivity contribution in [3.05, 3.63) is 0 Å². The topological polar surface area (TPSA) is 52.0 Å². The van der Waals surface area contributed by atoms with Gasteiger partial charge in [-0.25, -0.2) is 0 Å². The van der Waals surface area contributed by atoms with Gasteiger partial charge in [-0.2, -0.15) is 0 Å². The quantitative estimate of drug-likeness (QED) is 0.632. The predicted molar refractivity (Wildman–Crippen MR) is 48.2 cm³/mol. The first-order chi connectivity index (χ1) is 5.24. The number of hydrogen-bond donors (Lipinski definition) is 2. The molecule has 2 heteroatoms. The first kappa shape index (κ1) is 9.01. The van der Waals surface area contributed by atoms with E-state index in [0.717, 1.165) is 12.8 Å². The predicted octanol–water partition coefficient (Wildman–Crippen LogP) is 1.24. The second-order valence-corrected chi connectivity index (χ2v) is 3.76. The molecule has 0 heterocycles. The van der Waals surface area contributed by atoms with Gasteiger partial charge in [0.05, 0.1) is 0 Å². The molecule has 1 aliphatic carbocycles. The molecule has 11 heavy (non-hydrogen) atoms. The summed E-state index contributed by atoms with van der Waals surface area (Å²) < 4.78 is 0. The van der Waals surface area contributed by atoms with E-state index < -0.39 is 0 Å². The van der Waals surface area contributed by atoms with E-state index in [1.807, 2.05) is 0 Å². The number of hydrogen-bond acceptors (Lipinski definition) is 2. The fourth-order valence-electron chi connectivity index (χ4n) is 1.99. The third kappa shape index (κ3) is 2.46. The standard InChI is InChI=1S/C9H20N2/c1-2-9(11)7-4-3-5-8(10)6-7/h7-9H,2-6,10-11H2,1H3/t7?,8-,9?/m1/s1. The van der Waals surface area contributed by atoms with Crippen LogP contribution < -0.4 is 11.5 Å². The zero-order chi connectivity index (χ0) is 8.27. The van der Waals surface area contributed by atoms with Crippen LogP contribution in [-0.2, 0) is 0 Å². The Morgan fingerprint density at radius 2 is 2.18 bits per heavy atom. The maximum atomic E-state index is 5.95. The summed E-state index contributed by atoms with van der Waals surface area (Å²) >= 11 is 0. The molecule has 0 aliphatic heterocycles. The summed E-state index contributed by atoms with van der Waals surface area (Å²) in [6.07, 6.45) is 6.02. The van der Waals surface area contributed by atoms with Gasteiger partial charge in [-0.05, 0) is 31.6 Å². The monoisotopic (exact) mass is 156 g/mol. The van der Waals surface area contributed by atoms with Crippen molar-refractivity contribution < 1.29 is 0 Å². The molecule has 0 amide bonds. The number of rotatable bonds is 2. The summed E-state index contributed by atoms with van der Waals surface area (Å²) in [6, 6.07) is 0.813. The van der Waals surface area contributed by atoms with Crippen LogP contribution in [0.4, 0.5) is 0 Å². The van der Waals surface area contributed by atoms with Crippen molar-refractivity contribution in [1.29, 1.82) is 0 Å². The van der Waals surface area contributed by atoms with Gasteiger partial charge in [0.1, 0.15) is 0 Å². The largest absolute Gasteiger partial charge is 0.328 e. The van der Waals surface area contributed by atoms with E-state index in [1.165, 1.54) is 19.3 Å². The molecule has 3 atom stereocenters. The molecule has 0 aromatic carbocycles. The molecule has 0 aromatic heterocycles. The Labute approximate surface area is 69.3 Å². The Morgan fingerprint density at radius 1 is 1.45 bits per heavy atom. The van der Waals surface area contributed by atoms with Gasteiger partial charge in [0.15, 0.2) is 0 Å². The van der Waals surface area contributed by atoms with Crippen molar-refractivity contribution in [3.8, 4) is 0 Å². The van der Waals surface area contributed by atoms with Crippen LogP contribution in [0.25, 0.3) is 0 Å². The van der Waals surface area contributed by atoms with E-state index in [1.54, 1.807) is 0 Å². The van der Waals surface area contributed by atoms with Crippen molar-refractivity contribution in [2.24, 2.45) is 17.4 Å². The molecular weight excluding hydrogens is 136 g/mol. The zero-order valence-electron chi connectivity index (χ0n) is 7.42. The molecular formula is C9H20N2. The second-order valence-electron chi connectivity index (χ2n) is 3.76. The van der Waals surface area contributed by atoms with Crippen LogP contribution in [0.15, 0.2) is 0 Å². The first-order valence-corrected chi connectivity index (χ1v) is 4.75. The molecule has 0 radical (unpaired) electrons. The zero-order valence-corrected chi connectivity index (χ0v) is 7.42. The minimum absolute atomic E-state index is 0.390. The molecule has 1 fully saturated rings. The summed E-state index contributed by atoms with van der Waals surface area (Å²) in [7, 11) is 0. The highest BCUT2D eigenvalue weighted by Gasteiger charge is 2.22. The Hall–Kier alpha value is -0.0800. The lowest BCUT2D eigenvalue weighted by molar-refractivity contribution is 0.274. The fraction of sp³-hybridized carbons (Fsp3) is 1.00. The van der Waals surface area contributed by atoms with Gasteiger partial charge in [-0.15, -0.1) is 0 Å². The molecule has 0 spiro atoms. The fourth-order valence-corrected chi connectivity index (χ4v) is 1.99. The van der Waals surface area contributed by atoms with Gasteiger partial charge in [-0.3, -0.25) is 0 Å². The first-order valence-electron chi connectivity index (χ1n) is 4.75. The van der Waals surface area contributed by atoms with E-state index in [4.69, 9.17) is 11.5 Å². The van der Waals surface area contributed by atoms with Gasteiger partial charge in [0.25, 0.3) is 0 Å². The molecule has 4 N–H and O–H groups in total. The maximum Gasteiger partial charge on any atom is 0.00651 e. The summed E-state index contributed by atoms with van der Waals surface area (Å²) in [5.41, 5.74) is 11.8. The van der Waals surface area contributed by atoms with Crippen LogP contribution in [-0.4, -0.2) is 12.1 Å². The normalized spacial score (nSPS) is 35.2. The lowest BCUT2D eigenvalue weighted by Crippen LogP contribution is -2.37. The second kappa shape index (κ2) is 4.07. The minimum atomic E-state index is 0.390. The van der Waals surface area contributed by atoms with Gasteiger partial charge >= 0.3 is 0 Å². The van der Waals surface area contributed by atoms with Gasteiger partial charge in [0.2, 0.25) is 0 Å². The van der Waals surface area contributed by atoms with Crippen molar-refractivity contribution in [2.45, 2.75) is 51.1 Å². The van der Waals surface area contributed by atoms with Crippen molar-refractivity contribution in [1.82, 2.24) is 0 Å². The average molecular weight is 156 g/mol. The minimum Gasteiger partial charge on any atom is -0.328 e. The van der Waals surface area contributed by atoms with Crippen molar-refractivity contribution >= 4 is 0 Å². The maximum absolute atomic E-state index is 5.95. The third-order valence-corrected chi connectivity index (χ3v) is 2.83. The molecule has 1 saturated carbocycles. The Morgan fingerprint density at radius 3 is 2.73 bits per heavy atom. The smallest absolute Gasteiger partial charge is 0.00651 e. The highest BCUT2D eigenvalue weighted by molar-refractivity contribution is 4.81. The molecule has 0 saturated heterocycles. The molecule has 0 bridgehead atoms. The van der Waals surface area contributed by atoms with E-state index in [9.17, 15) is 0 Å². The summed E-state index contributed by atoms with van der Waals surface area (Å²) in [5, 5.41) is 0. The van der Waals surface area contributed by atoms with E-state index in [-0.39, 0.29) is 0 Å². The molecule has 66 valence electrons. The molecule has 0 aromatic rings. The van der Waals surface area contributed by atoms with Gasteiger partial charge < -0.3 is 11.5 Å². The third-order valence-electron chi connectivity index (χ3n) is 2.83. The lowest BCUT2D eigenvalue weighted by Gasteiger charge is -2.30. The summed E-state index contributed by atoms with van der Waals surface area (Å²) in [6.45, 7) is 2.16. The average Bonchev–Trinajstić information content (AvgIpc) is 2.03. The Bertz CT molecular complexity index is 114. The van der Waals surface area contributed by atoms with Crippen LogP contribution in [0.1, 0.15) is 39.0 Å². The number of nitrogens with two attached hydrogens (primary N) is 2. The molecule has 1 aliphatic rings. The van der Waals surface area contributed by atoms with Crippen molar-refractivity contribution in [3.63, 3.8) is 0 Å². The summed E-state index contributed by atoms with van der Waals surface area (Å²) in [5.74, 6) is 0.698.